The van der Waals surface area contributed by atoms with E-state index in [0.29, 0.717) is 11.9 Å². The number of hydrogen-bond donors (Lipinski definition) is 2. The molecule has 0 unspecified atom stereocenters. The molecular weight excluding hydrogens is 973 g/mol. The summed E-state index contributed by atoms with van der Waals surface area (Å²) in [5.74, 6) is -1.61. The Morgan fingerprint density at radius 2 is 1.48 bits per heavy atom. The van der Waals surface area contributed by atoms with Gasteiger partial charge in [0, 0.05) is 6.42 Å². The molecule has 0 aliphatic heterocycles. The van der Waals surface area contributed by atoms with E-state index in [2.05, 4.69) is 96.4 Å². The summed E-state index contributed by atoms with van der Waals surface area (Å²) in [4.78, 5) is 58.0. The van der Waals surface area contributed by atoms with E-state index >= 15 is 0 Å². The number of carbonyl (C=O) groups is 4. The van der Waals surface area contributed by atoms with Gasteiger partial charge in [0.2, 0.25) is 5.89 Å². The van der Waals surface area contributed by atoms with Crippen molar-refractivity contribution in [2.75, 3.05) is 6.54 Å². The Morgan fingerprint density at radius 3 is 1.95 bits per heavy atom. The molecule has 0 saturated carbocycles. The fourth-order valence-corrected chi connectivity index (χ4v) is 24.3. The van der Waals surface area contributed by atoms with Crippen LogP contribution in [0.1, 0.15) is 137 Å². The van der Waals surface area contributed by atoms with E-state index in [4.69, 9.17) is 13.6 Å². The number of carbonyl (C=O) groups excluding carboxylic acids is 4. The molecule has 61 heavy (non-hydrogen) atoms. The summed E-state index contributed by atoms with van der Waals surface area (Å²) < 4.78 is 26.3. The number of allylic oxidation sites excluding steroid dienone is 1. The van der Waals surface area contributed by atoms with Crippen LogP contribution in [-0.4, -0.2) is 88.1 Å². The predicted molar refractivity (Wildman–Crippen MR) is 265 cm³/mol. The van der Waals surface area contributed by atoms with E-state index < -0.39 is 64.9 Å². The number of unbranched alkanes of at least 4 members (excludes halogenated alkanes) is 3. The second-order valence-corrected chi connectivity index (χ2v) is 44.0. The van der Waals surface area contributed by atoms with E-state index in [1.807, 2.05) is 53.4 Å². The van der Waals surface area contributed by atoms with Crippen molar-refractivity contribution in [2.45, 2.75) is 197 Å². The molecule has 0 aromatic carbocycles. The fraction of sp³-hybridized carbons (Fsp3) is 0.723. The van der Waals surface area contributed by atoms with Crippen molar-refractivity contribution >= 4 is 79.6 Å². The van der Waals surface area contributed by atoms with E-state index in [1.54, 1.807) is 13.0 Å². The number of rotatable bonds is 28. The monoisotopic (exact) mass is 1060 g/mol. The number of nitrogens with zero attached hydrogens (tertiary/aromatic N) is 1. The molecule has 0 aliphatic rings. The van der Waals surface area contributed by atoms with Gasteiger partial charge in [-0.15, -0.1) is 0 Å². The van der Waals surface area contributed by atoms with Crippen LogP contribution in [0.5, 0.6) is 0 Å². The third-order valence-corrected chi connectivity index (χ3v) is 32.4. The van der Waals surface area contributed by atoms with Crippen molar-refractivity contribution in [2.24, 2.45) is 11.8 Å². The zero-order valence-corrected chi connectivity index (χ0v) is 47.4. The number of ether oxygens (including phenoxy) is 1. The average molecular weight is 1060 g/mol. The van der Waals surface area contributed by atoms with Gasteiger partial charge < -0.3 is 14.2 Å². The molecular formula is C47H84BrN3O7Si2Sn. The molecule has 0 fully saturated rings. The number of oxazole rings is 1. The minimum absolute atomic E-state index is 0.0331. The van der Waals surface area contributed by atoms with Crippen molar-refractivity contribution in [3.63, 3.8) is 0 Å². The van der Waals surface area contributed by atoms with Gasteiger partial charge in [0.05, 0.1) is 12.5 Å². The Labute approximate surface area is 385 Å². The van der Waals surface area contributed by atoms with Gasteiger partial charge in [0.25, 0.3) is 5.91 Å². The van der Waals surface area contributed by atoms with Gasteiger partial charge in [0.1, 0.15) is 19.2 Å². The first-order valence-corrected chi connectivity index (χ1v) is 37.8. The quantitative estimate of drug-likeness (QED) is 0.0481. The molecule has 1 aromatic heterocycles. The summed E-state index contributed by atoms with van der Waals surface area (Å²) in [5, 5.41) is 6.21. The van der Waals surface area contributed by atoms with Gasteiger partial charge >= 0.3 is 196 Å². The standard InChI is InChI=1S/C35H57BrN3O7Si2.3C4H9.Sn/c1-15-18-37-28(41)17-16-23(4)31(22(2)3)45-33(43)25(6)38-32(42)30-34(47(10,11)12)44-29(39-30)21-26(40)20-27(19-24(5)36)46-48(13,14)35(7,8)9;3*1-3-4-2;/h1,15-17,19,22-23,25,27,31H,18,20-21H2,2-14H3,(H,37,41)(H,38,42);3*1,3-4H2,2H3;/b15-1?,17-16+,24-19+;;;;/t23-,25-,27-,31-;;;;/m1..../s1. The normalized spacial score (nSPS) is 15.3. The van der Waals surface area contributed by atoms with Crippen LogP contribution >= 0.6 is 15.9 Å². The van der Waals surface area contributed by atoms with Crippen LogP contribution in [0.3, 0.4) is 0 Å². The summed E-state index contributed by atoms with van der Waals surface area (Å²) in [7, 11) is -4.44. The molecule has 10 nitrogen and oxygen atoms in total. The number of halogens is 1. The van der Waals surface area contributed by atoms with Crippen molar-refractivity contribution in [1.82, 2.24) is 15.6 Å². The van der Waals surface area contributed by atoms with Crippen LogP contribution in [0, 0.1) is 11.8 Å². The molecule has 2 N–H and O–H groups in total. The topological polar surface area (TPSA) is 137 Å². The first-order chi connectivity index (χ1) is 28.2. The fourth-order valence-electron chi connectivity index (χ4n) is 7.01. The zero-order chi connectivity index (χ0) is 46.8. The number of amides is 2. The first kappa shape index (κ1) is 57.2. The van der Waals surface area contributed by atoms with Gasteiger partial charge in [-0.2, -0.15) is 0 Å². The van der Waals surface area contributed by atoms with Crippen molar-refractivity contribution in [3.8, 4) is 0 Å². The molecule has 1 aromatic rings. The number of hydrogen-bond acceptors (Lipinski definition) is 8. The van der Waals surface area contributed by atoms with E-state index in [-0.39, 0.29) is 53.0 Å². The third kappa shape index (κ3) is 20.7. The summed E-state index contributed by atoms with van der Waals surface area (Å²) in [6.45, 7) is 33.5. The average Bonchev–Trinajstić information content (AvgIpc) is 3.58. The predicted octanol–water partition coefficient (Wildman–Crippen LogP) is 11.3. The maximum atomic E-state index is 13.7. The van der Waals surface area contributed by atoms with Crippen LogP contribution in [0.15, 0.2) is 37.3 Å². The van der Waals surface area contributed by atoms with Gasteiger partial charge in [-0.05, 0) is 42.5 Å². The molecule has 0 spiro atoms. The second kappa shape index (κ2) is 26.8. The summed E-state index contributed by atoms with van der Waals surface area (Å²) in [6.07, 6.45) is 14.1. The van der Waals surface area contributed by atoms with E-state index in [1.165, 1.54) is 57.9 Å². The van der Waals surface area contributed by atoms with Gasteiger partial charge in [-0.25, -0.2) is 4.98 Å². The molecule has 1 heterocycles. The number of aromatic nitrogens is 1. The first-order valence-electron chi connectivity index (χ1n) is 22.9. The van der Waals surface area contributed by atoms with Crippen molar-refractivity contribution in [3.05, 3.63) is 44.5 Å². The van der Waals surface area contributed by atoms with Crippen LogP contribution in [0.2, 0.25) is 51.1 Å². The Kier molecular flexibility index (Phi) is 25.2. The Morgan fingerprint density at radius 1 is 0.918 bits per heavy atom. The third-order valence-electron chi connectivity index (χ3n) is 11.6. The zero-order valence-electron chi connectivity index (χ0n) is 40.9. The van der Waals surface area contributed by atoms with Gasteiger partial charge in [0.15, 0.2) is 14.0 Å². The van der Waals surface area contributed by atoms with Gasteiger partial charge in [-0.3, -0.25) is 9.59 Å². The summed E-state index contributed by atoms with van der Waals surface area (Å²) in [5.41, 5.74) is 0.0848. The molecule has 0 saturated heterocycles. The van der Waals surface area contributed by atoms with Crippen LogP contribution in [0.4, 0.5) is 0 Å². The maximum absolute atomic E-state index is 13.7. The van der Waals surface area contributed by atoms with Crippen LogP contribution in [0.25, 0.3) is 0 Å². The second-order valence-electron chi connectivity index (χ2n) is 20.0. The summed E-state index contributed by atoms with van der Waals surface area (Å²) in [6, 6.07) is -0.992. The number of Topliss-reactive ketones (excluding diaryl/α,β-unsaturated/α-hetero) is 1. The molecule has 14 heteroatoms. The van der Waals surface area contributed by atoms with Gasteiger partial charge in [-0.1, -0.05) is 56.3 Å². The number of esters is 1. The molecule has 0 aliphatic carbocycles. The van der Waals surface area contributed by atoms with E-state index in [0.717, 1.165) is 4.48 Å². The van der Waals surface area contributed by atoms with Crippen LogP contribution < -0.4 is 16.0 Å². The Hall–Kier alpha value is -1.82. The van der Waals surface area contributed by atoms with Crippen molar-refractivity contribution in [1.29, 1.82) is 0 Å². The summed E-state index contributed by atoms with van der Waals surface area (Å²) >= 11 is 1.09. The Bertz CT molecular complexity index is 1620. The molecule has 0 bridgehead atoms. The SMILES string of the molecule is CCC[CH2][Sn](/[CH]=C/CNC(=O)/C=C/[C@@H](C)[C@H](OC(=O)[C@@H](C)NC(=O)c1nc(CC(=O)C[C@@H](/C=C(\C)Br)O[Si](C)(C)C(C)(C)C)oc1[Si](C)(C)C)C(C)C)([CH2]CCC)[CH2]CCC. The Balaban J connectivity index is 3.04. The van der Waals surface area contributed by atoms with E-state index in [9.17, 15) is 19.2 Å². The van der Waals surface area contributed by atoms with Crippen molar-refractivity contribution < 1.29 is 32.8 Å². The van der Waals surface area contributed by atoms with Crippen LogP contribution in [-0.2, 0) is 30.0 Å². The molecule has 0 radical (unpaired) electrons. The number of ketones is 1. The molecule has 348 valence electrons. The number of nitrogens with one attached hydrogen (secondary N) is 2. The minimum atomic E-state index is -2.42. The molecule has 2 amide bonds. The molecule has 1 rings (SSSR count). The molecule has 4 atom stereocenters.